The number of likely N-dealkylation sites (N-methyl/N-ethyl adjacent to an activating group) is 1. The van der Waals surface area contributed by atoms with Gasteiger partial charge in [-0.25, -0.2) is 14.8 Å². The van der Waals surface area contributed by atoms with Gasteiger partial charge in [0, 0.05) is 19.2 Å². The van der Waals surface area contributed by atoms with Crippen molar-refractivity contribution in [2.45, 2.75) is 55.3 Å². The van der Waals surface area contributed by atoms with Crippen molar-refractivity contribution in [1.29, 1.82) is 0 Å². The number of aliphatic imine (C=N–C) groups is 2. The van der Waals surface area contributed by atoms with Crippen LogP contribution < -0.4 is 22.1 Å². The van der Waals surface area contributed by atoms with Crippen molar-refractivity contribution in [3.05, 3.63) is 34.9 Å². The fraction of sp³-hybridized carbons (Fsp3) is 0.542. The highest BCUT2D eigenvalue weighted by Gasteiger charge is 2.73. The van der Waals surface area contributed by atoms with E-state index in [-0.39, 0.29) is 31.6 Å². The van der Waals surface area contributed by atoms with E-state index in [1.54, 1.807) is 6.07 Å². The first kappa shape index (κ1) is 24.4. The maximum atomic E-state index is 13.4. The Morgan fingerprint density at radius 3 is 2.71 bits per heavy atom. The molecule has 2 saturated heterocycles. The fourth-order valence-electron chi connectivity index (χ4n) is 6.50. The molecular formula is C24H31N9O5. The number of nitrogens with one attached hydrogen (secondary N) is 2. The van der Waals surface area contributed by atoms with Crippen LogP contribution in [0.4, 0.5) is 4.79 Å². The summed E-state index contributed by atoms with van der Waals surface area (Å²) < 4.78 is 0. The van der Waals surface area contributed by atoms with E-state index in [1.807, 2.05) is 12.1 Å². The first-order valence-corrected chi connectivity index (χ1v) is 12.7. The third kappa shape index (κ3) is 3.29. The van der Waals surface area contributed by atoms with Gasteiger partial charge in [-0.05, 0) is 42.9 Å². The zero-order valence-corrected chi connectivity index (χ0v) is 20.9. The van der Waals surface area contributed by atoms with E-state index in [0.717, 1.165) is 41.7 Å². The number of amides is 4. The number of fused-ring (bicyclic) bond motifs is 1. The first-order valence-electron chi connectivity index (χ1n) is 12.7. The monoisotopic (exact) mass is 525 g/mol. The molecule has 1 spiro atoms. The highest BCUT2D eigenvalue weighted by molar-refractivity contribution is 6.02. The second-order valence-electron chi connectivity index (χ2n) is 10.6. The number of benzene rings is 1. The number of aryl methyl sites for hydroxylation is 1. The van der Waals surface area contributed by atoms with E-state index in [9.17, 15) is 24.6 Å². The fourth-order valence-corrected chi connectivity index (χ4v) is 6.50. The van der Waals surface area contributed by atoms with E-state index in [4.69, 9.17) is 11.5 Å². The third-order valence-electron chi connectivity index (χ3n) is 8.35. The van der Waals surface area contributed by atoms with Gasteiger partial charge < -0.3 is 42.1 Å². The van der Waals surface area contributed by atoms with E-state index < -0.39 is 47.4 Å². The summed E-state index contributed by atoms with van der Waals surface area (Å²) in [6.45, 7) is -0.339. The van der Waals surface area contributed by atoms with Crippen LogP contribution in [-0.4, -0.2) is 111 Å². The van der Waals surface area contributed by atoms with Gasteiger partial charge >= 0.3 is 6.03 Å². The number of nitrogens with two attached hydrogens (primary N) is 2. The maximum absolute atomic E-state index is 13.4. The highest BCUT2D eigenvalue weighted by atomic mass is 16.5. The Kier molecular flexibility index (Phi) is 5.33. The number of carbonyl (C=O) groups is 3. The molecule has 0 bridgehead atoms. The van der Waals surface area contributed by atoms with Crippen molar-refractivity contribution < 1.29 is 24.6 Å². The van der Waals surface area contributed by atoms with Crippen LogP contribution in [0.5, 0.6) is 0 Å². The molecule has 1 aliphatic carbocycles. The summed E-state index contributed by atoms with van der Waals surface area (Å²) in [6.07, 6.45) is 3.72. The van der Waals surface area contributed by atoms with Crippen molar-refractivity contribution in [2.24, 2.45) is 21.5 Å². The highest BCUT2D eigenvalue weighted by Crippen LogP contribution is 2.45. The largest absolute Gasteiger partial charge is 0.370 e. The van der Waals surface area contributed by atoms with E-state index >= 15 is 0 Å². The van der Waals surface area contributed by atoms with Gasteiger partial charge in [0.25, 0.3) is 5.91 Å². The molecule has 38 heavy (non-hydrogen) atoms. The van der Waals surface area contributed by atoms with Crippen molar-refractivity contribution >= 4 is 29.8 Å². The molecular weight excluding hydrogens is 494 g/mol. The molecule has 8 N–H and O–H groups in total. The lowest BCUT2D eigenvalue weighted by Crippen LogP contribution is -2.78. The van der Waals surface area contributed by atoms with Crippen LogP contribution in [0.3, 0.4) is 0 Å². The van der Waals surface area contributed by atoms with Crippen LogP contribution in [0.1, 0.15) is 34.3 Å². The third-order valence-corrected chi connectivity index (χ3v) is 8.35. The number of imide groups is 1. The average molecular weight is 526 g/mol. The molecule has 1 aromatic carbocycles. The van der Waals surface area contributed by atoms with Crippen LogP contribution in [-0.2, 0) is 17.6 Å². The zero-order chi connectivity index (χ0) is 27.0. The minimum atomic E-state index is -2.61. The second-order valence-corrected chi connectivity index (χ2v) is 10.6. The van der Waals surface area contributed by atoms with E-state index in [0.29, 0.717) is 5.56 Å². The molecule has 202 valence electrons. The molecule has 4 amide bonds. The standard InChI is InChI=1S/C24H31N9O5/c1-31-11-17(34)32(22(31)36)9-15-18-23(30-20(25)29-18)24(37,38)16(10-33(23)21(26)27-15)28-19(35)14-8-4-6-12-5-2-3-7-13(12)14/h4,6,8,15-16,18,37-38H,2-3,5,7,9-11H2,1H3,(H2,26,27)(H,28,35)(H3,25,29,30)/t15?,16?,18-,23-/m0/s1. The van der Waals surface area contributed by atoms with Crippen molar-refractivity contribution in [3.63, 3.8) is 0 Å². The van der Waals surface area contributed by atoms with Crippen LogP contribution in [0, 0.1) is 0 Å². The molecule has 2 fully saturated rings. The van der Waals surface area contributed by atoms with Gasteiger partial charge in [0.05, 0.1) is 12.6 Å². The van der Waals surface area contributed by atoms with Gasteiger partial charge in [-0.15, -0.1) is 0 Å². The Labute approximate surface area is 218 Å². The summed E-state index contributed by atoms with van der Waals surface area (Å²) in [5, 5.41) is 29.0. The van der Waals surface area contributed by atoms with Crippen LogP contribution in [0.25, 0.3) is 0 Å². The predicted octanol–water partition coefficient (Wildman–Crippen LogP) is -2.77. The summed E-state index contributed by atoms with van der Waals surface area (Å²) in [6, 6.07) is 1.96. The summed E-state index contributed by atoms with van der Waals surface area (Å²) in [7, 11) is 1.51. The molecule has 0 radical (unpaired) electrons. The summed E-state index contributed by atoms with van der Waals surface area (Å²) in [5.74, 6) is -3.58. The lowest BCUT2D eigenvalue weighted by molar-refractivity contribution is -0.230. The number of hydrogen-bond donors (Lipinski definition) is 6. The number of aliphatic hydroxyl groups is 2. The summed E-state index contributed by atoms with van der Waals surface area (Å²) >= 11 is 0. The molecule has 0 aromatic heterocycles. The number of hydrogen-bond acceptors (Lipinski definition) is 11. The Bertz CT molecular complexity index is 1300. The Morgan fingerprint density at radius 1 is 1.21 bits per heavy atom. The molecule has 5 aliphatic rings. The zero-order valence-electron chi connectivity index (χ0n) is 20.9. The predicted molar refractivity (Wildman–Crippen MR) is 135 cm³/mol. The first-order chi connectivity index (χ1) is 18.0. The van der Waals surface area contributed by atoms with Gasteiger partial charge in [-0.1, -0.05) is 12.1 Å². The smallest absolute Gasteiger partial charge is 0.327 e. The molecule has 4 atom stereocenters. The lowest BCUT2D eigenvalue weighted by atomic mass is 9.84. The second kappa shape index (κ2) is 8.30. The quantitative estimate of drug-likeness (QED) is 0.178. The molecule has 4 heterocycles. The van der Waals surface area contributed by atoms with Crippen molar-refractivity contribution in [3.8, 4) is 0 Å². The van der Waals surface area contributed by atoms with E-state index in [1.165, 1.54) is 16.8 Å². The van der Waals surface area contributed by atoms with Crippen molar-refractivity contribution in [2.75, 3.05) is 26.7 Å². The molecule has 14 nitrogen and oxygen atoms in total. The Morgan fingerprint density at radius 2 is 1.97 bits per heavy atom. The number of nitrogens with zero attached hydrogens (tertiary/aromatic N) is 5. The van der Waals surface area contributed by atoms with Gasteiger partial charge in [0.1, 0.15) is 18.6 Å². The minimum absolute atomic E-state index is 0.0580. The Hall–Kier alpha value is -3.91. The number of carbonyl (C=O) groups excluding carboxylic acids is 3. The van der Waals surface area contributed by atoms with Crippen molar-refractivity contribution in [1.82, 2.24) is 25.3 Å². The molecule has 2 unspecified atom stereocenters. The average Bonchev–Trinajstić information content (AvgIpc) is 3.44. The van der Waals surface area contributed by atoms with Gasteiger partial charge in [-0.2, -0.15) is 0 Å². The topological polar surface area (TPSA) is 202 Å². The normalized spacial score (nSPS) is 31.3. The minimum Gasteiger partial charge on any atom is -0.370 e. The maximum Gasteiger partial charge on any atom is 0.327 e. The number of rotatable bonds is 4. The van der Waals surface area contributed by atoms with Gasteiger partial charge in [-0.3, -0.25) is 14.5 Å². The SMILES string of the molecule is CN1CC(=O)N(CC2N=C(N)N3CC(NC(=O)c4cccc5c4CCCC5)C(O)(O)[C@@]34NC(N)=N[C@@H]24)C1=O. The van der Waals surface area contributed by atoms with Crippen LogP contribution >= 0.6 is 0 Å². The van der Waals surface area contributed by atoms with Crippen LogP contribution in [0.2, 0.25) is 0 Å². The molecule has 14 heteroatoms. The number of urea groups is 1. The summed E-state index contributed by atoms with van der Waals surface area (Å²) in [5.41, 5.74) is 13.2. The molecule has 1 aromatic rings. The summed E-state index contributed by atoms with van der Waals surface area (Å²) in [4.78, 5) is 51.0. The lowest BCUT2D eigenvalue weighted by Gasteiger charge is -2.49. The Balaban J connectivity index is 1.31. The van der Waals surface area contributed by atoms with E-state index in [2.05, 4.69) is 20.6 Å². The molecule has 4 aliphatic heterocycles. The number of guanidine groups is 2. The van der Waals surface area contributed by atoms with Gasteiger partial charge in [0.2, 0.25) is 11.7 Å². The van der Waals surface area contributed by atoms with Gasteiger partial charge in [0.15, 0.2) is 17.6 Å². The molecule has 0 saturated carbocycles. The van der Waals surface area contributed by atoms with Crippen LogP contribution in [0.15, 0.2) is 28.2 Å². The molecule has 6 rings (SSSR count).